The molecule has 0 aromatic rings. The van der Waals surface area contributed by atoms with E-state index in [0.29, 0.717) is 5.70 Å². The Bertz CT molecular complexity index is 187. The largest absolute Gasteiger partial charge is 0.374 e. The van der Waals surface area contributed by atoms with Gasteiger partial charge in [0.1, 0.15) is 0 Å². The molecule has 0 aromatic heterocycles. The number of hydrogen-bond acceptors (Lipinski definition) is 2. The molecule has 3 nitrogen and oxygen atoms in total. The Kier molecular flexibility index (Phi) is 5.19. The van der Waals surface area contributed by atoms with E-state index in [-0.39, 0.29) is 5.91 Å². The van der Waals surface area contributed by atoms with Gasteiger partial charge in [0.15, 0.2) is 0 Å². The molecule has 0 spiro atoms. The summed E-state index contributed by atoms with van der Waals surface area (Å²) in [6.07, 6.45) is 0.986. The lowest BCUT2D eigenvalue weighted by Crippen LogP contribution is -2.36. The standard InChI is InChI=1S/C10H20N2O/c1-6-8-12(7-2)10(13)9(3)11(4)5/h3,6-8H2,1-2,4-5H3. The summed E-state index contributed by atoms with van der Waals surface area (Å²) in [4.78, 5) is 15.2. The van der Waals surface area contributed by atoms with Gasteiger partial charge >= 0.3 is 0 Å². The highest BCUT2D eigenvalue weighted by Gasteiger charge is 2.15. The zero-order chi connectivity index (χ0) is 10.4. The highest BCUT2D eigenvalue weighted by Crippen LogP contribution is 2.02. The monoisotopic (exact) mass is 184 g/mol. The fourth-order valence-corrected chi connectivity index (χ4v) is 1.05. The van der Waals surface area contributed by atoms with Gasteiger partial charge in [-0.15, -0.1) is 0 Å². The Balaban J connectivity index is 4.28. The highest BCUT2D eigenvalue weighted by atomic mass is 16.2. The molecule has 0 aliphatic rings. The van der Waals surface area contributed by atoms with E-state index in [1.165, 1.54) is 0 Å². The van der Waals surface area contributed by atoms with Crippen molar-refractivity contribution < 1.29 is 4.79 Å². The van der Waals surface area contributed by atoms with Crippen molar-refractivity contribution in [3.8, 4) is 0 Å². The summed E-state index contributed by atoms with van der Waals surface area (Å²) >= 11 is 0. The minimum atomic E-state index is 0.0364. The Morgan fingerprint density at radius 3 is 2.15 bits per heavy atom. The summed E-state index contributed by atoms with van der Waals surface area (Å²) in [6, 6.07) is 0. The molecule has 0 rings (SSSR count). The van der Waals surface area contributed by atoms with Crippen LogP contribution in [0.2, 0.25) is 0 Å². The minimum absolute atomic E-state index is 0.0364. The Morgan fingerprint density at radius 2 is 1.85 bits per heavy atom. The smallest absolute Gasteiger partial charge is 0.269 e. The fraction of sp³-hybridized carbons (Fsp3) is 0.700. The van der Waals surface area contributed by atoms with E-state index in [1.54, 1.807) is 4.90 Å². The maximum Gasteiger partial charge on any atom is 0.269 e. The molecule has 0 fully saturated rings. The van der Waals surface area contributed by atoms with Crippen LogP contribution in [0.5, 0.6) is 0 Å². The average molecular weight is 184 g/mol. The Hall–Kier alpha value is -0.990. The fourth-order valence-electron chi connectivity index (χ4n) is 1.05. The highest BCUT2D eigenvalue weighted by molar-refractivity contribution is 5.92. The first-order valence-electron chi connectivity index (χ1n) is 4.70. The summed E-state index contributed by atoms with van der Waals surface area (Å²) in [5.41, 5.74) is 0.551. The molecule has 13 heavy (non-hydrogen) atoms. The van der Waals surface area contributed by atoms with E-state index in [9.17, 15) is 4.79 Å². The minimum Gasteiger partial charge on any atom is -0.374 e. The summed E-state index contributed by atoms with van der Waals surface area (Å²) < 4.78 is 0. The Morgan fingerprint density at radius 1 is 1.31 bits per heavy atom. The first kappa shape index (κ1) is 12.0. The SMILES string of the molecule is C=C(C(=O)N(CC)CCC)N(C)C. The van der Waals surface area contributed by atoms with Gasteiger partial charge in [-0.05, 0) is 13.3 Å². The van der Waals surface area contributed by atoms with Gasteiger partial charge < -0.3 is 9.80 Å². The lowest BCUT2D eigenvalue weighted by atomic mass is 10.3. The van der Waals surface area contributed by atoms with Crippen molar-refractivity contribution in [3.63, 3.8) is 0 Å². The van der Waals surface area contributed by atoms with E-state index in [1.807, 2.05) is 25.9 Å². The van der Waals surface area contributed by atoms with Gasteiger partial charge in [0.05, 0.1) is 5.70 Å². The second-order valence-corrected chi connectivity index (χ2v) is 3.23. The molecule has 3 heteroatoms. The summed E-state index contributed by atoms with van der Waals surface area (Å²) in [7, 11) is 3.67. The molecule has 0 heterocycles. The second kappa shape index (κ2) is 5.62. The van der Waals surface area contributed by atoms with Gasteiger partial charge in [-0.2, -0.15) is 0 Å². The van der Waals surface area contributed by atoms with E-state index < -0.39 is 0 Å². The second-order valence-electron chi connectivity index (χ2n) is 3.23. The molecule has 0 saturated heterocycles. The van der Waals surface area contributed by atoms with Crippen LogP contribution in [0.25, 0.3) is 0 Å². The van der Waals surface area contributed by atoms with Crippen LogP contribution in [0, 0.1) is 0 Å². The molecule has 0 N–H and O–H groups in total. The quantitative estimate of drug-likeness (QED) is 0.602. The molecule has 1 amide bonds. The first-order valence-corrected chi connectivity index (χ1v) is 4.70. The average Bonchev–Trinajstić information content (AvgIpc) is 2.11. The topological polar surface area (TPSA) is 23.6 Å². The number of likely N-dealkylation sites (N-methyl/N-ethyl adjacent to an activating group) is 2. The number of hydrogen-bond donors (Lipinski definition) is 0. The Labute approximate surface area is 81.0 Å². The van der Waals surface area contributed by atoms with E-state index in [0.717, 1.165) is 19.5 Å². The van der Waals surface area contributed by atoms with Crippen molar-refractivity contribution in [2.75, 3.05) is 27.2 Å². The van der Waals surface area contributed by atoms with Crippen LogP contribution in [0.3, 0.4) is 0 Å². The van der Waals surface area contributed by atoms with Crippen LogP contribution >= 0.6 is 0 Å². The van der Waals surface area contributed by atoms with E-state index in [4.69, 9.17) is 0 Å². The zero-order valence-electron chi connectivity index (χ0n) is 9.13. The molecule has 0 radical (unpaired) electrons. The van der Waals surface area contributed by atoms with Crippen molar-refractivity contribution in [1.29, 1.82) is 0 Å². The van der Waals surface area contributed by atoms with Crippen molar-refractivity contribution in [2.24, 2.45) is 0 Å². The van der Waals surface area contributed by atoms with Crippen molar-refractivity contribution >= 4 is 5.91 Å². The lowest BCUT2D eigenvalue weighted by Gasteiger charge is -2.24. The molecule has 0 aliphatic carbocycles. The van der Waals surface area contributed by atoms with Crippen LogP contribution in [0.1, 0.15) is 20.3 Å². The number of amides is 1. The molecule has 76 valence electrons. The summed E-state index contributed by atoms with van der Waals surface area (Å²) in [5.74, 6) is 0.0364. The maximum absolute atomic E-state index is 11.7. The van der Waals surface area contributed by atoms with E-state index in [2.05, 4.69) is 13.5 Å². The number of carbonyl (C=O) groups excluding carboxylic acids is 1. The van der Waals surface area contributed by atoms with Crippen LogP contribution in [-0.4, -0.2) is 42.9 Å². The molecular formula is C10H20N2O. The molecule has 0 atom stereocenters. The third-order valence-corrected chi connectivity index (χ3v) is 1.95. The molecule has 0 aromatic carbocycles. The number of nitrogens with zero attached hydrogens (tertiary/aromatic N) is 2. The molecule has 0 bridgehead atoms. The maximum atomic E-state index is 11.7. The third kappa shape index (κ3) is 3.49. The van der Waals surface area contributed by atoms with Crippen LogP contribution < -0.4 is 0 Å². The zero-order valence-corrected chi connectivity index (χ0v) is 9.13. The number of carbonyl (C=O) groups is 1. The van der Waals surface area contributed by atoms with Crippen LogP contribution in [0.4, 0.5) is 0 Å². The molecular weight excluding hydrogens is 164 g/mol. The van der Waals surface area contributed by atoms with Gasteiger partial charge in [-0.25, -0.2) is 0 Å². The van der Waals surface area contributed by atoms with E-state index >= 15 is 0 Å². The van der Waals surface area contributed by atoms with Gasteiger partial charge in [-0.1, -0.05) is 13.5 Å². The molecule has 0 saturated carbocycles. The van der Waals surface area contributed by atoms with Crippen LogP contribution in [0.15, 0.2) is 12.3 Å². The first-order chi connectivity index (χ1) is 6.04. The van der Waals surface area contributed by atoms with Gasteiger partial charge in [0.25, 0.3) is 5.91 Å². The van der Waals surface area contributed by atoms with Crippen molar-refractivity contribution in [1.82, 2.24) is 9.80 Å². The predicted octanol–water partition coefficient (Wildman–Crippen LogP) is 1.32. The van der Waals surface area contributed by atoms with Gasteiger partial charge in [-0.3, -0.25) is 4.79 Å². The van der Waals surface area contributed by atoms with Crippen molar-refractivity contribution in [2.45, 2.75) is 20.3 Å². The predicted molar refractivity (Wildman–Crippen MR) is 55.4 cm³/mol. The van der Waals surface area contributed by atoms with Crippen molar-refractivity contribution in [3.05, 3.63) is 12.3 Å². The molecule has 0 aliphatic heterocycles. The molecule has 0 unspecified atom stereocenters. The summed E-state index contributed by atoms with van der Waals surface area (Å²) in [6.45, 7) is 9.34. The van der Waals surface area contributed by atoms with Crippen LogP contribution in [-0.2, 0) is 4.79 Å². The summed E-state index contributed by atoms with van der Waals surface area (Å²) in [5, 5.41) is 0. The van der Waals surface area contributed by atoms with Gasteiger partial charge in [0.2, 0.25) is 0 Å². The van der Waals surface area contributed by atoms with Gasteiger partial charge in [0, 0.05) is 27.2 Å². The lowest BCUT2D eigenvalue weighted by molar-refractivity contribution is -0.128. The number of rotatable bonds is 5. The normalized spacial score (nSPS) is 9.54. The third-order valence-electron chi connectivity index (χ3n) is 1.95.